The summed E-state index contributed by atoms with van der Waals surface area (Å²) in [6.07, 6.45) is 2.55. The van der Waals surface area contributed by atoms with Crippen molar-refractivity contribution >= 4 is 15.9 Å². The smallest absolute Gasteiger partial charge is 0.0363 e. The van der Waals surface area contributed by atoms with E-state index in [9.17, 15) is 0 Å². The zero-order chi connectivity index (χ0) is 13.1. The summed E-state index contributed by atoms with van der Waals surface area (Å²) in [6, 6.07) is 19.9. The maximum atomic E-state index is 3.69. The van der Waals surface area contributed by atoms with Crippen LogP contribution in [0.1, 0.15) is 30.0 Å². The third-order valence-electron chi connectivity index (χ3n) is 3.86. The molecular weight excluding hydrogens is 298 g/mol. The van der Waals surface area contributed by atoms with E-state index in [0.717, 1.165) is 6.54 Å². The third-order valence-corrected chi connectivity index (χ3v) is 4.58. The van der Waals surface area contributed by atoms with E-state index in [-0.39, 0.29) is 0 Å². The molecule has 0 saturated carbocycles. The Balaban J connectivity index is 1.81. The van der Waals surface area contributed by atoms with Gasteiger partial charge in [-0.15, -0.1) is 0 Å². The van der Waals surface area contributed by atoms with Crippen LogP contribution in [0.3, 0.4) is 0 Å². The summed E-state index contributed by atoms with van der Waals surface area (Å²) in [7, 11) is 0. The Kier molecular flexibility index (Phi) is 4.00. The average molecular weight is 316 g/mol. The van der Waals surface area contributed by atoms with Crippen molar-refractivity contribution in [1.29, 1.82) is 0 Å². The Morgan fingerprint density at radius 1 is 1.00 bits per heavy atom. The van der Waals surface area contributed by atoms with E-state index < -0.39 is 0 Å². The van der Waals surface area contributed by atoms with Crippen LogP contribution in [-0.4, -0.2) is 11.4 Å². The van der Waals surface area contributed by atoms with Crippen molar-refractivity contribution in [2.75, 3.05) is 6.54 Å². The van der Waals surface area contributed by atoms with Gasteiger partial charge in [-0.2, -0.15) is 0 Å². The van der Waals surface area contributed by atoms with E-state index in [1.165, 1.54) is 35.0 Å². The van der Waals surface area contributed by atoms with Crippen molar-refractivity contribution in [2.24, 2.45) is 0 Å². The van der Waals surface area contributed by atoms with Gasteiger partial charge in [-0.1, -0.05) is 64.5 Å². The van der Waals surface area contributed by atoms with Crippen molar-refractivity contribution in [3.05, 3.63) is 70.2 Å². The Bertz CT molecular complexity index is 538. The minimum atomic E-state index is 0.552. The van der Waals surface area contributed by atoms with Gasteiger partial charge in [0.2, 0.25) is 0 Å². The van der Waals surface area contributed by atoms with E-state index in [2.05, 4.69) is 75.4 Å². The molecule has 1 nitrogen and oxygen atoms in total. The highest BCUT2D eigenvalue weighted by molar-refractivity contribution is 9.10. The van der Waals surface area contributed by atoms with Crippen LogP contribution >= 0.6 is 15.9 Å². The van der Waals surface area contributed by atoms with Crippen LogP contribution in [0.2, 0.25) is 0 Å². The van der Waals surface area contributed by atoms with Crippen molar-refractivity contribution in [3.8, 4) is 0 Å². The monoisotopic (exact) mass is 315 g/mol. The maximum Gasteiger partial charge on any atom is 0.0363 e. The summed E-state index contributed by atoms with van der Waals surface area (Å²) in [6.45, 7) is 2.24. The predicted molar refractivity (Wildman–Crippen MR) is 83.0 cm³/mol. The Hall–Kier alpha value is -1.12. The van der Waals surface area contributed by atoms with Gasteiger partial charge in [0.1, 0.15) is 0 Å². The molecule has 0 radical (unpaired) electrons. The molecule has 1 fully saturated rings. The van der Waals surface area contributed by atoms with Crippen molar-refractivity contribution in [2.45, 2.75) is 25.4 Å². The second kappa shape index (κ2) is 5.89. The number of likely N-dealkylation sites (tertiary alicyclic amines) is 1. The van der Waals surface area contributed by atoms with Gasteiger partial charge in [0, 0.05) is 17.1 Å². The number of hydrogen-bond donors (Lipinski definition) is 0. The lowest BCUT2D eigenvalue weighted by atomic mass is 10.0. The predicted octanol–water partition coefficient (Wildman–Crippen LogP) is 4.79. The van der Waals surface area contributed by atoms with Crippen LogP contribution in [0, 0.1) is 0 Å². The molecule has 1 heterocycles. The molecular formula is C17H18BrN. The SMILES string of the molecule is Brc1ccccc1[C@@H]1CCCN1Cc1ccccc1. The van der Waals surface area contributed by atoms with Crippen LogP contribution in [0.5, 0.6) is 0 Å². The number of nitrogens with zero attached hydrogens (tertiary/aromatic N) is 1. The van der Waals surface area contributed by atoms with Crippen LogP contribution < -0.4 is 0 Å². The highest BCUT2D eigenvalue weighted by Crippen LogP contribution is 2.36. The molecule has 0 aromatic heterocycles. The Morgan fingerprint density at radius 2 is 1.74 bits per heavy atom. The van der Waals surface area contributed by atoms with Gasteiger partial charge >= 0.3 is 0 Å². The highest BCUT2D eigenvalue weighted by atomic mass is 79.9. The molecule has 1 aliphatic heterocycles. The number of hydrogen-bond acceptors (Lipinski definition) is 1. The van der Waals surface area contributed by atoms with Gasteiger partial charge < -0.3 is 0 Å². The normalized spacial score (nSPS) is 19.7. The molecule has 0 N–H and O–H groups in total. The van der Waals surface area contributed by atoms with E-state index in [1.807, 2.05) is 0 Å². The zero-order valence-electron chi connectivity index (χ0n) is 10.9. The molecule has 0 amide bonds. The van der Waals surface area contributed by atoms with Crippen LogP contribution in [-0.2, 0) is 6.54 Å². The van der Waals surface area contributed by atoms with E-state index in [4.69, 9.17) is 0 Å². The standard InChI is InChI=1S/C17H18BrN/c18-16-10-5-4-9-15(16)17-11-6-12-19(17)13-14-7-2-1-3-8-14/h1-5,7-10,17H,6,11-13H2/t17-/m0/s1. The van der Waals surface area contributed by atoms with Crippen molar-refractivity contribution in [3.63, 3.8) is 0 Å². The molecule has 19 heavy (non-hydrogen) atoms. The molecule has 0 spiro atoms. The van der Waals surface area contributed by atoms with Gasteiger partial charge in [0.25, 0.3) is 0 Å². The Morgan fingerprint density at radius 3 is 2.53 bits per heavy atom. The van der Waals surface area contributed by atoms with Crippen LogP contribution in [0.25, 0.3) is 0 Å². The lowest BCUT2D eigenvalue weighted by molar-refractivity contribution is 0.248. The lowest BCUT2D eigenvalue weighted by Gasteiger charge is -2.25. The maximum absolute atomic E-state index is 3.69. The van der Waals surface area contributed by atoms with Gasteiger partial charge in [-0.25, -0.2) is 0 Å². The number of benzene rings is 2. The summed E-state index contributed by atoms with van der Waals surface area (Å²) < 4.78 is 1.24. The quantitative estimate of drug-likeness (QED) is 0.787. The first-order valence-electron chi connectivity index (χ1n) is 6.87. The molecule has 2 aromatic rings. The van der Waals surface area contributed by atoms with Crippen LogP contribution in [0.15, 0.2) is 59.1 Å². The summed E-state index contributed by atoms with van der Waals surface area (Å²) in [5.41, 5.74) is 2.83. The first-order valence-corrected chi connectivity index (χ1v) is 7.66. The largest absolute Gasteiger partial charge is 0.292 e. The van der Waals surface area contributed by atoms with Gasteiger partial charge in [0.05, 0.1) is 0 Å². The molecule has 0 aliphatic carbocycles. The molecule has 3 rings (SSSR count). The van der Waals surface area contributed by atoms with Crippen LogP contribution in [0.4, 0.5) is 0 Å². The highest BCUT2D eigenvalue weighted by Gasteiger charge is 2.26. The third kappa shape index (κ3) is 2.90. The van der Waals surface area contributed by atoms with E-state index >= 15 is 0 Å². The van der Waals surface area contributed by atoms with Crippen molar-refractivity contribution in [1.82, 2.24) is 4.90 Å². The summed E-state index contributed by atoms with van der Waals surface area (Å²) >= 11 is 3.69. The van der Waals surface area contributed by atoms with Crippen molar-refractivity contribution < 1.29 is 0 Å². The fourth-order valence-electron chi connectivity index (χ4n) is 2.93. The minimum absolute atomic E-state index is 0.552. The first-order chi connectivity index (χ1) is 9.34. The first kappa shape index (κ1) is 12.9. The number of halogens is 1. The average Bonchev–Trinajstić information content (AvgIpc) is 2.88. The topological polar surface area (TPSA) is 3.24 Å². The summed E-state index contributed by atoms with van der Waals surface area (Å²) in [5, 5.41) is 0. The fraction of sp³-hybridized carbons (Fsp3) is 0.294. The second-order valence-electron chi connectivity index (χ2n) is 5.14. The molecule has 0 unspecified atom stereocenters. The molecule has 1 aliphatic rings. The minimum Gasteiger partial charge on any atom is -0.292 e. The molecule has 1 saturated heterocycles. The molecule has 98 valence electrons. The summed E-state index contributed by atoms with van der Waals surface area (Å²) in [5.74, 6) is 0. The molecule has 2 aromatic carbocycles. The molecule has 1 atom stereocenters. The van der Waals surface area contributed by atoms with Gasteiger partial charge in [-0.3, -0.25) is 4.90 Å². The fourth-order valence-corrected chi connectivity index (χ4v) is 3.48. The number of rotatable bonds is 3. The van der Waals surface area contributed by atoms with E-state index in [0.29, 0.717) is 6.04 Å². The van der Waals surface area contributed by atoms with E-state index in [1.54, 1.807) is 0 Å². The zero-order valence-corrected chi connectivity index (χ0v) is 12.5. The molecule has 2 heteroatoms. The van der Waals surface area contributed by atoms with Gasteiger partial charge in [-0.05, 0) is 36.6 Å². The lowest BCUT2D eigenvalue weighted by Crippen LogP contribution is -2.22. The van der Waals surface area contributed by atoms with Gasteiger partial charge in [0.15, 0.2) is 0 Å². The summed E-state index contributed by atoms with van der Waals surface area (Å²) in [4.78, 5) is 2.59. The molecule has 0 bridgehead atoms. The Labute approximate surface area is 123 Å². The second-order valence-corrected chi connectivity index (χ2v) is 5.99.